The number of rotatable bonds is 3. The third-order valence-electron chi connectivity index (χ3n) is 3.83. The molecule has 6 nitrogen and oxygen atoms in total. The van der Waals surface area contributed by atoms with Gasteiger partial charge in [-0.05, 0) is 47.5 Å². The van der Waals surface area contributed by atoms with Crippen LogP contribution in [0, 0.1) is 6.92 Å². The molecule has 0 aliphatic carbocycles. The highest BCUT2D eigenvalue weighted by molar-refractivity contribution is 9.10. The first kappa shape index (κ1) is 17.4. The van der Waals surface area contributed by atoms with E-state index in [9.17, 15) is 13.2 Å². The fourth-order valence-corrected chi connectivity index (χ4v) is 5.00. The number of aromatic nitrogens is 2. The summed E-state index contributed by atoms with van der Waals surface area (Å²) >= 11 is 9.28. The highest BCUT2D eigenvalue weighted by Crippen LogP contribution is 2.28. The van der Waals surface area contributed by atoms with Gasteiger partial charge < -0.3 is 5.32 Å². The summed E-state index contributed by atoms with van der Waals surface area (Å²) in [5.41, 5.74) is 1.10. The molecule has 0 radical (unpaired) electrons. The summed E-state index contributed by atoms with van der Waals surface area (Å²) in [7, 11) is -3.04. The first-order valence-electron chi connectivity index (χ1n) is 7.28. The van der Waals surface area contributed by atoms with E-state index in [4.69, 9.17) is 11.6 Å². The predicted octanol–water partition coefficient (Wildman–Crippen LogP) is 3.22. The van der Waals surface area contributed by atoms with E-state index in [-0.39, 0.29) is 23.5 Å². The van der Waals surface area contributed by atoms with E-state index in [0.717, 1.165) is 0 Å². The summed E-state index contributed by atoms with van der Waals surface area (Å²) in [4.78, 5) is 12.5. The van der Waals surface area contributed by atoms with Gasteiger partial charge in [-0.15, -0.1) is 0 Å². The van der Waals surface area contributed by atoms with Crippen LogP contribution >= 0.6 is 27.5 Å². The van der Waals surface area contributed by atoms with Gasteiger partial charge in [0.2, 0.25) is 0 Å². The lowest BCUT2D eigenvalue weighted by atomic mass is 10.2. The summed E-state index contributed by atoms with van der Waals surface area (Å²) in [6.07, 6.45) is 0.493. The van der Waals surface area contributed by atoms with Crippen LogP contribution in [0.4, 0.5) is 5.82 Å². The van der Waals surface area contributed by atoms with E-state index in [1.54, 1.807) is 35.9 Å². The number of amides is 1. The molecule has 1 unspecified atom stereocenters. The Morgan fingerprint density at radius 3 is 2.83 bits per heavy atom. The summed E-state index contributed by atoms with van der Waals surface area (Å²) in [6, 6.07) is 6.40. The highest BCUT2D eigenvalue weighted by atomic mass is 79.9. The summed E-state index contributed by atoms with van der Waals surface area (Å²) < 4.78 is 25.6. The summed E-state index contributed by atoms with van der Waals surface area (Å²) in [5.74, 6) is 0.319. The van der Waals surface area contributed by atoms with Crippen molar-refractivity contribution in [3.8, 4) is 0 Å². The normalized spacial score (nSPS) is 19.4. The van der Waals surface area contributed by atoms with Crippen LogP contribution in [0.5, 0.6) is 0 Å². The molecule has 1 fully saturated rings. The lowest BCUT2D eigenvalue weighted by molar-refractivity contribution is 0.102. The second-order valence-corrected chi connectivity index (χ2v) is 9.27. The smallest absolute Gasteiger partial charge is 0.258 e. The minimum atomic E-state index is -3.04. The fraction of sp³-hybridized carbons (Fsp3) is 0.333. The van der Waals surface area contributed by atoms with Gasteiger partial charge in [-0.25, -0.2) is 13.1 Å². The quantitative estimate of drug-likeness (QED) is 0.807. The molecular weight excluding hydrogens is 418 g/mol. The van der Waals surface area contributed by atoms with E-state index in [1.165, 1.54) is 0 Å². The van der Waals surface area contributed by atoms with Crippen molar-refractivity contribution in [3.05, 3.63) is 45.0 Å². The molecule has 128 valence electrons. The van der Waals surface area contributed by atoms with Crippen molar-refractivity contribution in [2.75, 3.05) is 16.8 Å². The van der Waals surface area contributed by atoms with Gasteiger partial charge in [0.1, 0.15) is 5.82 Å². The number of carbonyl (C=O) groups excluding carboxylic acids is 1. The maximum atomic E-state index is 12.5. The fourth-order valence-electron chi connectivity index (χ4n) is 2.71. The minimum absolute atomic E-state index is 0.0395. The van der Waals surface area contributed by atoms with Gasteiger partial charge in [0.05, 0.1) is 28.8 Å². The van der Waals surface area contributed by atoms with Gasteiger partial charge in [-0.2, -0.15) is 5.10 Å². The van der Waals surface area contributed by atoms with Gasteiger partial charge in [-0.3, -0.25) is 4.79 Å². The SMILES string of the molecule is Cc1cc(NC(=O)c2cc(Cl)ccc2Br)n(C2CCS(=O)(=O)C2)n1. The third-order valence-corrected chi connectivity index (χ3v) is 6.50. The van der Waals surface area contributed by atoms with Crippen molar-refractivity contribution in [1.29, 1.82) is 0 Å². The Hall–Kier alpha value is -1.38. The zero-order chi connectivity index (χ0) is 17.5. The molecule has 1 aromatic heterocycles. The molecule has 0 bridgehead atoms. The zero-order valence-electron chi connectivity index (χ0n) is 12.8. The molecule has 1 saturated heterocycles. The van der Waals surface area contributed by atoms with Crippen molar-refractivity contribution in [2.45, 2.75) is 19.4 Å². The first-order valence-corrected chi connectivity index (χ1v) is 10.3. The third kappa shape index (κ3) is 3.65. The van der Waals surface area contributed by atoms with Crippen molar-refractivity contribution in [3.63, 3.8) is 0 Å². The van der Waals surface area contributed by atoms with Crippen molar-refractivity contribution in [1.82, 2.24) is 9.78 Å². The number of hydrogen-bond acceptors (Lipinski definition) is 4. The topological polar surface area (TPSA) is 81.1 Å². The second-order valence-electron chi connectivity index (χ2n) is 5.75. The maximum Gasteiger partial charge on any atom is 0.258 e. The molecule has 1 N–H and O–H groups in total. The van der Waals surface area contributed by atoms with Gasteiger partial charge in [-0.1, -0.05) is 11.6 Å². The van der Waals surface area contributed by atoms with Crippen LogP contribution in [0.15, 0.2) is 28.7 Å². The Morgan fingerprint density at radius 1 is 1.42 bits per heavy atom. The van der Waals surface area contributed by atoms with E-state index >= 15 is 0 Å². The van der Waals surface area contributed by atoms with E-state index in [0.29, 0.717) is 33.0 Å². The largest absolute Gasteiger partial charge is 0.307 e. The number of hydrogen-bond donors (Lipinski definition) is 1. The Kier molecular flexibility index (Phi) is 4.72. The summed E-state index contributed by atoms with van der Waals surface area (Å²) in [6.45, 7) is 1.80. The average molecular weight is 433 g/mol. The van der Waals surface area contributed by atoms with Crippen molar-refractivity contribution < 1.29 is 13.2 Å². The van der Waals surface area contributed by atoms with Gasteiger partial charge in [0.25, 0.3) is 5.91 Å². The number of sulfone groups is 1. The zero-order valence-corrected chi connectivity index (χ0v) is 15.9. The molecule has 24 heavy (non-hydrogen) atoms. The van der Waals surface area contributed by atoms with Crippen molar-refractivity contribution in [2.24, 2.45) is 0 Å². The first-order chi connectivity index (χ1) is 11.2. The van der Waals surface area contributed by atoms with Crippen LogP contribution in [0.2, 0.25) is 5.02 Å². The van der Waals surface area contributed by atoms with Crippen LogP contribution in [0.1, 0.15) is 28.5 Å². The number of aryl methyl sites for hydroxylation is 1. The van der Waals surface area contributed by atoms with Crippen LogP contribution < -0.4 is 5.32 Å². The molecular formula is C15H15BrClN3O3S. The predicted molar refractivity (Wildman–Crippen MR) is 96.4 cm³/mol. The molecule has 9 heteroatoms. The van der Waals surface area contributed by atoms with Gasteiger partial charge >= 0.3 is 0 Å². The average Bonchev–Trinajstić information content (AvgIpc) is 3.03. The number of nitrogens with one attached hydrogen (secondary N) is 1. The van der Waals surface area contributed by atoms with Crippen LogP contribution in [0.25, 0.3) is 0 Å². The lowest BCUT2D eigenvalue weighted by Crippen LogP contribution is -2.19. The number of benzene rings is 1. The van der Waals surface area contributed by atoms with Crippen LogP contribution in [-0.2, 0) is 9.84 Å². The number of halogens is 2. The number of carbonyl (C=O) groups is 1. The Bertz CT molecular complexity index is 911. The molecule has 0 spiro atoms. The Morgan fingerprint density at radius 2 is 2.17 bits per heavy atom. The Labute approximate surface area is 153 Å². The molecule has 2 aromatic rings. The molecule has 0 saturated carbocycles. The second kappa shape index (κ2) is 6.50. The molecule has 1 atom stereocenters. The highest BCUT2D eigenvalue weighted by Gasteiger charge is 2.31. The van der Waals surface area contributed by atoms with Crippen LogP contribution in [-0.4, -0.2) is 35.6 Å². The Balaban J connectivity index is 1.88. The van der Waals surface area contributed by atoms with Crippen LogP contribution in [0.3, 0.4) is 0 Å². The number of nitrogens with zero attached hydrogens (tertiary/aromatic N) is 2. The minimum Gasteiger partial charge on any atom is -0.307 e. The number of anilines is 1. The molecule has 1 amide bonds. The molecule has 3 rings (SSSR count). The van der Waals surface area contributed by atoms with E-state index in [1.807, 2.05) is 0 Å². The maximum absolute atomic E-state index is 12.5. The molecule has 2 heterocycles. The van der Waals surface area contributed by atoms with Crippen molar-refractivity contribution >= 4 is 49.1 Å². The monoisotopic (exact) mass is 431 g/mol. The van der Waals surface area contributed by atoms with Gasteiger partial charge in [0, 0.05) is 15.6 Å². The lowest BCUT2D eigenvalue weighted by Gasteiger charge is -2.14. The van der Waals surface area contributed by atoms with E-state index in [2.05, 4.69) is 26.3 Å². The standard InChI is InChI=1S/C15H15BrClN3O3S/c1-9-6-14(20(19-9)11-4-5-24(22,23)8-11)18-15(21)12-7-10(17)2-3-13(12)16/h2-3,6-7,11H,4-5,8H2,1H3,(H,18,21). The molecule has 1 aliphatic rings. The molecule has 1 aliphatic heterocycles. The van der Waals surface area contributed by atoms with E-state index < -0.39 is 9.84 Å². The van der Waals surface area contributed by atoms with Gasteiger partial charge in [0.15, 0.2) is 9.84 Å². The molecule has 1 aromatic carbocycles. The summed E-state index contributed by atoms with van der Waals surface area (Å²) in [5, 5.41) is 7.60.